The van der Waals surface area contributed by atoms with E-state index >= 15 is 0 Å². The molecule has 0 aliphatic rings. The third kappa shape index (κ3) is 7.44. The van der Waals surface area contributed by atoms with Crippen LogP contribution in [0.15, 0.2) is 24.2 Å². The number of allylic oxidation sites excluding steroid dienone is 2. The van der Waals surface area contributed by atoms with Gasteiger partial charge in [-0.25, -0.2) is 0 Å². The van der Waals surface area contributed by atoms with Crippen LogP contribution < -0.4 is 0 Å². The number of hydrogen-bond acceptors (Lipinski definition) is 2. The molecule has 0 saturated heterocycles. The molecule has 0 aromatic heterocycles. The molecule has 0 bridgehead atoms. The monoisotopic (exact) mass is 244 g/mol. The average Bonchev–Trinajstić information content (AvgIpc) is 1.96. The standard InChI is InChI=1S/C11H24O2Si2/c1-9-10(2)11(12-14(3,4)5)13-15(6,7)8/h9H,1H2,2-8H3. The topological polar surface area (TPSA) is 18.5 Å². The second kappa shape index (κ2) is 5.03. The quantitative estimate of drug-likeness (QED) is 0.412. The summed E-state index contributed by atoms with van der Waals surface area (Å²) in [5, 5.41) is 0. The third-order valence-electron chi connectivity index (χ3n) is 1.43. The fourth-order valence-electron chi connectivity index (χ4n) is 0.821. The lowest BCUT2D eigenvalue weighted by Crippen LogP contribution is -2.32. The Hall–Kier alpha value is -0.486. The second-order valence-corrected chi connectivity index (χ2v) is 14.5. The first-order valence-corrected chi connectivity index (χ1v) is 12.1. The molecule has 0 fully saturated rings. The first-order chi connectivity index (χ1) is 6.55. The molecule has 4 heteroatoms. The molecule has 15 heavy (non-hydrogen) atoms. The molecule has 0 atom stereocenters. The van der Waals surface area contributed by atoms with Crippen LogP contribution in [0.4, 0.5) is 0 Å². The zero-order valence-electron chi connectivity index (χ0n) is 11.1. The summed E-state index contributed by atoms with van der Waals surface area (Å²) in [5.41, 5.74) is 0.986. The molecule has 0 aliphatic heterocycles. The van der Waals surface area contributed by atoms with Crippen molar-refractivity contribution < 1.29 is 8.85 Å². The first kappa shape index (κ1) is 14.5. The zero-order chi connectivity index (χ0) is 12.3. The van der Waals surface area contributed by atoms with Crippen molar-refractivity contribution >= 4 is 16.6 Å². The summed E-state index contributed by atoms with van der Waals surface area (Å²) in [6.07, 6.45) is 1.79. The van der Waals surface area contributed by atoms with Crippen molar-refractivity contribution in [3.8, 4) is 0 Å². The SMILES string of the molecule is C=CC(C)=C(O[Si](C)(C)C)O[Si](C)(C)C. The minimum atomic E-state index is -1.61. The highest BCUT2D eigenvalue weighted by Crippen LogP contribution is 2.20. The summed E-state index contributed by atoms with van der Waals surface area (Å²) >= 11 is 0. The summed E-state index contributed by atoms with van der Waals surface area (Å²) in [4.78, 5) is 0. The van der Waals surface area contributed by atoms with E-state index in [4.69, 9.17) is 8.85 Å². The lowest BCUT2D eigenvalue weighted by molar-refractivity contribution is 0.212. The molecule has 0 amide bonds. The highest BCUT2D eigenvalue weighted by atomic mass is 28.4. The van der Waals surface area contributed by atoms with Crippen molar-refractivity contribution in [2.45, 2.75) is 46.2 Å². The Balaban J connectivity index is 4.86. The maximum Gasteiger partial charge on any atom is 0.254 e. The van der Waals surface area contributed by atoms with Gasteiger partial charge in [-0.15, -0.1) is 0 Å². The van der Waals surface area contributed by atoms with E-state index in [0.29, 0.717) is 5.95 Å². The van der Waals surface area contributed by atoms with Crippen LogP contribution in [0.1, 0.15) is 6.92 Å². The Bertz CT molecular complexity index is 239. The van der Waals surface area contributed by atoms with Crippen molar-refractivity contribution in [3.63, 3.8) is 0 Å². The van der Waals surface area contributed by atoms with Crippen LogP contribution in [0.5, 0.6) is 0 Å². The van der Waals surface area contributed by atoms with E-state index in [1.807, 2.05) is 6.92 Å². The van der Waals surface area contributed by atoms with Crippen LogP contribution in [0.2, 0.25) is 39.3 Å². The predicted octanol–water partition coefficient (Wildman–Crippen LogP) is 4.11. The van der Waals surface area contributed by atoms with E-state index in [0.717, 1.165) is 5.57 Å². The average molecular weight is 244 g/mol. The van der Waals surface area contributed by atoms with E-state index in [-0.39, 0.29) is 0 Å². The largest absolute Gasteiger partial charge is 0.520 e. The highest BCUT2D eigenvalue weighted by molar-refractivity contribution is 6.71. The molecule has 0 aromatic rings. The number of hydrogen-bond donors (Lipinski definition) is 0. The molecule has 0 saturated carbocycles. The minimum Gasteiger partial charge on any atom is -0.520 e. The Morgan fingerprint density at radius 3 is 1.47 bits per heavy atom. The summed E-state index contributed by atoms with van der Waals surface area (Å²) in [7, 11) is -3.22. The van der Waals surface area contributed by atoms with Gasteiger partial charge in [-0.3, -0.25) is 0 Å². The maximum atomic E-state index is 5.93. The second-order valence-electron chi connectivity index (χ2n) is 5.60. The minimum absolute atomic E-state index is 0.684. The van der Waals surface area contributed by atoms with E-state index < -0.39 is 16.6 Å². The molecule has 88 valence electrons. The number of rotatable bonds is 5. The van der Waals surface area contributed by atoms with Gasteiger partial charge in [0.25, 0.3) is 5.95 Å². The van der Waals surface area contributed by atoms with Crippen LogP contribution >= 0.6 is 0 Å². The predicted molar refractivity (Wildman–Crippen MR) is 71.8 cm³/mol. The summed E-state index contributed by atoms with van der Waals surface area (Å²) < 4.78 is 11.9. The molecule has 0 rings (SSSR count). The molecular weight excluding hydrogens is 220 g/mol. The van der Waals surface area contributed by atoms with Crippen LogP contribution in [-0.4, -0.2) is 16.6 Å². The lowest BCUT2D eigenvalue weighted by atomic mass is 10.3. The van der Waals surface area contributed by atoms with Crippen molar-refractivity contribution in [3.05, 3.63) is 24.2 Å². The van der Waals surface area contributed by atoms with E-state index in [9.17, 15) is 0 Å². The summed E-state index contributed by atoms with van der Waals surface area (Å²) in [5.74, 6) is 0.684. The Labute approximate surface area is 96.2 Å². The van der Waals surface area contributed by atoms with E-state index in [1.54, 1.807) is 6.08 Å². The van der Waals surface area contributed by atoms with Crippen LogP contribution in [0.25, 0.3) is 0 Å². The summed E-state index contributed by atoms with van der Waals surface area (Å²) in [6.45, 7) is 18.6. The molecule has 0 radical (unpaired) electrons. The van der Waals surface area contributed by atoms with Crippen LogP contribution in [-0.2, 0) is 8.85 Å². The fraction of sp³-hybridized carbons (Fsp3) is 0.636. The maximum absolute atomic E-state index is 5.93. The molecule has 0 unspecified atom stereocenters. The fourth-order valence-corrected chi connectivity index (χ4v) is 2.42. The van der Waals surface area contributed by atoms with Gasteiger partial charge in [0.05, 0.1) is 0 Å². The van der Waals surface area contributed by atoms with E-state index in [1.165, 1.54) is 0 Å². The van der Waals surface area contributed by atoms with Crippen molar-refractivity contribution in [2.75, 3.05) is 0 Å². The van der Waals surface area contributed by atoms with Crippen molar-refractivity contribution in [1.82, 2.24) is 0 Å². The Morgan fingerprint density at radius 2 is 1.27 bits per heavy atom. The molecule has 0 aromatic carbocycles. The zero-order valence-corrected chi connectivity index (χ0v) is 13.1. The van der Waals surface area contributed by atoms with Gasteiger partial charge >= 0.3 is 0 Å². The molecule has 0 aliphatic carbocycles. The first-order valence-electron chi connectivity index (χ1n) is 5.26. The van der Waals surface area contributed by atoms with Gasteiger partial charge in [0, 0.05) is 5.57 Å². The Kier molecular flexibility index (Phi) is 4.87. The van der Waals surface area contributed by atoms with Crippen LogP contribution in [0, 0.1) is 0 Å². The molecule has 0 N–H and O–H groups in total. The normalized spacial score (nSPS) is 11.9. The summed E-state index contributed by atoms with van der Waals surface area (Å²) in [6, 6.07) is 0. The molecule has 0 heterocycles. The van der Waals surface area contributed by atoms with Crippen molar-refractivity contribution in [1.29, 1.82) is 0 Å². The molecule has 2 nitrogen and oxygen atoms in total. The Morgan fingerprint density at radius 1 is 0.933 bits per heavy atom. The van der Waals surface area contributed by atoms with Crippen molar-refractivity contribution in [2.24, 2.45) is 0 Å². The highest BCUT2D eigenvalue weighted by Gasteiger charge is 2.24. The van der Waals surface area contributed by atoms with Gasteiger partial charge in [-0.2, -0.15) is 0 Å². The smallest absolute Gasteiger partial charge is 0.254 e. The van der Waals surface area contributed by atoms with Gasteiger partial charge < -0.3 is 8.85 Å². The van der Waals surface area contributed by atoms with Gasteiger partial charge in [-0.1, -0.05) is 12.7 Å². The van der Waals surface area contributed by atoms with Crippen LogP contribution in [0.3, 0.4) is 0 Å². The van der Waals surface area contributed by atoms with Gasteiger partial charge in [0.2, 0.25) is 16.6 Å². The van der Waals surface area contributed by atoms with Gasteiger partial charge in [0.15, 0.2) is 0 Å². The van der Waals surface area contributed by atoms with E-state index in [2.05, 4.69) is 45.9 Å². The lowest BCUT2D eigenvalue weighted by Gasteiger charge is -2.28. The van der Waals surface area contributed by atoms with Gasteiger partial charge in [0.1, 0.15) is 0 Å². The van der Waals surface area contributed by atoms with Gasteiger partial charge in [-0.05, 0) is 46.2 Å². The molecule has 0 spiro atoms. The molecular formula is C11H24O2Si2. The third-order valence-corrected chi connectivity index (χ3v) is 3.02.